The molecule has 4 rings (SSSR count). The first-order chi connectivity index (χ1) is 12.5. The molecule has 2 fully saturated rings. The number of hydrogen-bond donors (Lipinski definition) is 2. The Morgan fingerprint density at radius 1 is 1.08 bits per heavy atom. The monoisotopic (exact) mass is 356 g/mol. The third-order valence-corrected chi connectivity index (χ3v) is 5.84. The van der Waals surface area contributed by atoms with E-state index in [4.69, 9.17) is 0 Å². The molecule has 0 aliphatic carbocycles. The predicted molar refractivity (Wildman–Crippen MR) is 98.2 cm³/mol. The molecular weight excluding hydrogens is 332 g/mol. The lowest BCUT2D eigenvalue weighted by atomic mass is 9.87. The highest BCUT2D eigenvalue weighted by atomic mass is 16.2. The van der Waals surface area contributed by atoms with Gasteiger partial charge in [-0.1, -0.05) is 6.07 Å². The normalized spacial score (nSPS) is 22.0. The molecule has 3 heterocycles. The Morgan fingerprint density at radius 3 is 2.50 bits per heavy atom. The van der Waals surface area contributed by atoms with Gasteiger partial charge in [-0.25, -0.2) is 4.79 Å². The molecule has 0 spiro atoms. The zero-order chi connectivity index (χ0) is 18.4. The Kier molecular flexibility index (Phi) is 4.19. The van der Waals surface area contributed by atoms with Crippen molar-refractivity contribution < 1.29 is 9.59 Å². The molecule has 7 nitrogen and oxygen atoms in total. The highest BCUT2D eigenvalue weighted by molar-refractivity contribution is 6.00. The topological polar surface area (TPSA) is 85.1 Å². The SMILES string of the molecule is Cc1c(C2CCNCC2)ccc2c1n(C)c(=O)n2C1CCC(=O)NC1=O. The minimum atomic E-state index is -0.631. The van der Waals surface area contributed by atoms with Crippen LogP contribution in [0.2, 0.25) is 0 Å². The third-order valence-electron chi connectivity index (χ3n) is 5.84. The summed E-state index contributed by atoms with van der Waals surface area (Å²) in [7, 11) is 1.76. The van der Waals surface area contributed by atoms with Crippen LogP contribution in [0.3, 0.4) is 0 Å². The number of carbonyl (C=O) groups is 2. The van der Waals surface area contributed by atoms with Gasteiger partial charge in [-0.3, -0.25) is 24.0 Å². The molecule has 1 aromatic heterocycles. The fourth-order valence-corrected chi connectivity index (χ4v) is 4.48. The quantitative estimate of drug-likeness (QED) is 0.789. The van der Waals surface area contributed by atoms with Crippen LogP contribution in [0.25, 0.3) is 11.0 Å². The number of nitrogens with one attached hydrogen (secondary N) is 2. The zero-order valence-electron chi connectivity index (χ0n) is 15.2. The van der Waals surface area contributed by atoms with Crippen molar-refractivity contribution in [3.8, 4) is 0 Å². The zero-order valence-corrected chi connectivity index (χ0v) is 15.2. The van der Waals surface area contributed by atoms with Crippen LogP contribution in [0.1, 0.15) is 48.8 Å². The van der Waals surface area contributed by atoms with E-state index in [2.05, 4.69) is 23.6 Å². The number of hydrogen-bond acceptors (Lipinski definition) is 4. The Labute approximate surface area is 151 Å². The second kappa shape index (κ2) is 6.39. The molecule has 0 bridgehead atoms. The summed E-state index contributed by atoms with van der Waals surface area (Å²) in [6.07, 6.45) is 2.80. The van der Waals surface area contributed by atoms with Gasteiger partial charge in [-0.05, 0) is 62.4 Å². The van der Waals surface area contributed by atoms with Gasteiger partial charge in [0.2, 0.25) is 11.8 Å². The van der Waals surface area contributed by atoms with Crippen molar-refractivity contribution in [1.29, 1.82) is 0 Å². The number of imide groups is 1. The number of piperidine rings is 2. The number of imidazole rings is 1. The van der Waals surface area contributed by atoms with Gasteiger partial charge in [0.1, 0.15) is 6.04 Å². The fraction of sp³-hybridized carbons (Fsp3) is 0.526. The number of rotatable bonds is 2. The molecule has 2 amide bonds. The van der Waals surface area contributed by atoms with E-state index in [9.17, 15) is 14.4 Å². The van der Waals surface area contributed by atoms with Crippen LogP contribution in [0.4, 0.5) is 0 Å². The van der Waals surface area contributed by atoms with Crippen LogP contribution >= 0.6 is 0 Å². The molecule has 2 aliphatic heterocycles. The fourth-order valence-electron chi connectivity index (χ4n) is 4.48. The third kappa shape index (κ3) is 2.58. The molecule has 138 valence electrons. The first kappa shape index (κ1) is 17.0. The Bertz CT molecular complexity index is 950. The minimum Gasteiger partial charge on any atom is -0.317 e. The van der Waals surface area contributed by atoms with Crippen LogP contribution in [-0.4, -0.2) is 34.0 Å². The second-order valence-electron chi connectivity index (χ2n) is 7.35. The van der Waals surface area contributed by atoms with Gasteiger partial charge in [0.15, 0.2) is 0 Å². The summed E-state index contributed by atoms with van der Waals surface area (Å²) in [5.41, 5.74) is 3.84. The summed E-state index contributed by atoms with van der Waals surface area (Å²) in [4.78, 5) is 36.7. The van der Waals surface area contributed by atoms with Crippen LogP contribution in [0, 0.1) is 6.92 Å². The summed E-state index contributed by atoms with van der Waals surface area (Å²) >= 11 is 0. The van der Waals surface area contributed by atoms with Gasteiger partial charge >= 0.3 is 5.69 Å². The molecule has 1 aromatic carbocycles. The number of aromatic nitrogens is 2. The van der Waals surface area contributed by atoms with E-state index >= 15 is 0 Å². The molecule has 2 N–H and O–H groups in total. The highest BCUT2D eigenvalue weighted by Gasteiger charge is 2.32. The molecule has 1 atom stereocenters. The standard InChI is InChI=1S/C19H24N4O3/c1-11-13(12-7-9-20-10-8-12)3-4-14-17(11)22(2)19(26)23(14)15-5-6-16(24)21-18(15)25/h3-4,12,15,20H,5-10H2,1-2H3,(H,21,24,25). The predicted octanol–water partition coefficient (Wildman–Crippen LogP) is 1.09. The Hall–Kier alpha value is -2.41. The number of carbonyl (C=O) groups excluding carboxylic acids is 2. The van der Waals surface area contributed by atoms with Gasteiger partial charge in [-0.15, -0.1) is 0 Å². The average Bonchev–Trinajstić information content (AvgIpc) is 2.88. The molecular formula is C19H24N4O3. The van der Waals surface area contributed by atoms with Crippen molar-refractivity contribution in [2.75, 3.05) is 13.1 Å². The van der Waals surface area contributed by atoms with Gasteiger partial charge in [0, 0.05) is 13.5 Å². The van der Waals surface area contributed by atoms with E-state index in [-0.39, 0.29) is 18.0 Å². The maximum absolute atomic E-state index is 12.9. The number of nitrogens with zero attached hydrogens (tertiary/aromatic N) is 2. The number of aryl methyl sites for hydroxylation is 2. The van der Waals surface area contributed by atoms with Gasteiger partial charge < -0.3 is 5.32 Å². The maximum atomic E-state index is 12.9. The van der Waals surface area contributed by atoms with Gasteiger partial charge in [0.25, 0.3) is 0 Å². The van der Waals surface area contributed by atoms with E-state index < -0.39 is 11.9 Å². The number of benzene rings is 1. The van der Waals surface area contributed by atoms with E-state index in [0.717, 1.165) is 42.5 Å². The molecule has 0 saturated carbocycles. The van der Waals surface area contributed by atoms with Crippen LogP contribution < -0.4 is 16.3 Å². The van der Waals surface area contributed by atoms with E-state index in [1.165, 1.54) is 5.56 Å². The van der Waals surface area contributed by atoms with Crippen molar-refractivity contribution in [1.82, 2.24) is 19.8 Å². The van der Waals surface area contributed by atoms with Crippen LogP contribution in [0.15, 0.2) is 16.9 Å². The summed E-state index contributed by atoms with van der Waals surface area (Å²) in [5.74, 6) is -0.172. The average molecular weight is 356 g/mol. The smallest absolute Gasteiger partial charge is 0.317 e. The maximum Gasteiger partial charge on any atom is 0.329 e. The largest absolute Gasteiger partial charge is 0.329 e. The molecule has 26 heavy (non-hydrogen) atoms. The van der Waals surface area contributed by atoms with Gasteiger partial charge in [0.05, 0.1) is 11.0 Å². The molecule has 0 radical (unpaired) electrons. The van der Waals surface area contributed by atoms with E-state index in [1.807, 2.05) is 6.07 Å². The van der Waals surface area contributed by atoms with Crippen molar-refractivity contribution >= 4 is 22.8 Å². The summed E-state index contributed by atoms with van der Waals surface area (Å²) in [5, 5.41) is 5.74. The van der Waals surface area contributed by atoms with Crippen molar-refractivity contribution in [3.05, 3.63) is 33.7 Å². The molecule has 7 heteroatoms. The van der Waals surface area contributed by atoms with Crippen molar-refractivity contribution in [2.24, 2.45) is 7.05 Å². The van der Waals surface area contributed by atoms with Crippen molar-refractivity contribution in [3.63, 3.8) is 0 Å². The molecule has 2 aromatic rings. The second-order valence-corrected chi connectivity index (χ2v) is 7.35. The van der Waals surface area contributed by atoms with Crippen molar-refractivity contribution in [2.45, 2.75) is 44.6 Å². The van der Waals surface area contributed by atoms with E-state index in [0.29, 0.717) is 12.3 Å². The minimum absolute atomic E-state index is 0.208. The lowest BCUT2D eigenvalue weighted by molar-refractivity contribution is -0.135. The van der Waals surface area contributed by atoms with E-state index in [1.54, 1.807) is 16.2 Å². The van der Waals surface area contributed by atoms with Crippen LogP contribution in [0.5, 0.6) is 0 Å². The Morgan fingerprint density at radius 2 is 1.81 bits per heavy atom. The molecule has 2 aliphatic rings. The first-order valence-corrected chi connectivity index (χ1v) is 9.24. The summed E-state index contributed by atoms with van der Waals surface area (Å²) in [6.45, 7) is 4.09. The Balaban J connectivity index is 1.85. The lowest BCUT2D eigenvalue weighted by Gasteiger charge is -2.25. The number of fused-ring (bicyclic) bond motifs is 1. The summed E-state index contributed by atoms with van der Waals surface area (Å²) in [6, 6.07) is 3.44. The number of amides is 2. The van der Waals surface area contributed by atoms with Gasteiger partial charge in [-0.2, -0.15) is 0 Å². The molecule has 1 unspecified atom stereocenters. The lowest BCUT2D eigenvalue weighted by Crippen LogP contribution is -2.44. The highest BCUT2D eigenvalue weighted by Crippen LogP contribution is 2.33. The first-order valence-electron chi connectivity index (χ1n) is 9.24. The summed E-state index contributed by atoms with van der Waals surface area (Å²) < 4.78 is 3.19. The molecule has 2 saturated heterocycles. The van der Waals surface area contributed by atoms with Crippen LogP contribution in [-0.2, 0) is 16.6 Å².